The summed E-state index contributed by atoms with van der Waals surface area (Å²) in [6.45, 7) is -0.0247. The van der Waals surface area contributed by atoms with Crippen LogP contribution in [0.3, 0.4) is 0 Å². The van der Waals surface area contributed by atoms with Crippen LogP contribution in [0.1, 0.15) is 24.8 Å². The number of nitrogens with one attached hydrogen (secondary N) is 1. The Bertz CT molecular complexity index is 1160. The third-order valence-electron chi connectivity index (χ3n) is 6.46. The molecule has 2 aliphatic rings. The number of nitrogens with zero attached hydrogens (tertiary/aromatic N) is 1. The Hall–Kier alpha value is -2.43. The molecule has 1 aliphatic heterocycles. The molecular formula is C23H25F3N2O4S. The van der Waals surface area contributed by atoms with E-state index in [1.165, 1.54) is 17.0 Å². The summed E-state index contributed by atoms with van der Waals surface area (Å²) in [6.07, 6.45) is 2.46. The van der Waals surface area contributed by atoms with E-state index in [9.17, 15) is 27.1 Å². The second-order valence-electron chi connectivity index (χ2n) is 8.93. The van der Waals surface area contributed by atoms with Crippen LogP contribution in [-0.2, 0) is 21.2 Å². The molecule has 10 heteroatoms. The predicted molar refractivity (Wildman–Crippen MR) is 116 cm³/mol. The number of aliphatic hydroxyl groups is 1. The van der Waals surface area contributed by atoms with Crippen molar-refractivity contribution in [2.45, 2.75) is 37.8 Å². The predicted octanol–water partition coefficient (Wildman–Crippen LogP) is 2.60. The highest BCUT2D eigenvalue weighted by molar-refractivity contribution is 7.88. The highest BCUT2D eigenvalue weighted by Crippen LogP contribution is 2.48. The van der Waals surface area contributed by atoms with E-state index >= 15 is 4.39 Å². The number of benzene rings is 2. The molecular weight excluding hydrogens is 457 g/mol. The molecule has 2 aromatic carbocycles. The summed E-state index contributed by atoms with van der Waals surface area (Å²) >= 11 is 0. The van der Waals surface area contributed by atoms with E-state index in [0.717, 1.165) is 18.4 Å². The van der Waals surface area contributed by atoms with E-state index in [1.807, 2.05) is 0 Å². The monoisotopic (exact) mass is 482 g/mol. The van der Waals surface area contributed by atoms with Crippen LogP contribution in [0, 0.1) is 22.9 Å². The minimum absolute atomic E-state index is 0.00208. The number of likely N-dealkylation sites (tertiary alicyclic amines) is 1. The van der Waals surface area contributed by atoms with Crippen molar-refractivity contribution >= 4 is 15.9 Å². The summed E-state index contributed by atoms with van der Waals surface area (Å²) in [5.74, 6) is -2.63. The van der Waals surface area contributed by atoms with Crippen LogP contribution in [0.25, 0.3) is 11.1 Å². The van der Waals surface area contributed by atoms with Gasteiger partial charge in [-0.2, -0.15) is 0 Å². The molecule has 1 saturated carbocycles. The minimum atomic E-state index is -3.59. The summed E-state index contributed by atoms with van der Waals surface area (Å²) in [7, 11) is -3.59. The van der Waals surface area contributed by atoms with Crippen molar-refractivity contribution in [2.24, 2.45) is 5.41 Å². The maximum atomic E-state index is 15.5. The molecule has 1 aliphatic carbocycles. The van der Waals surface area contributed by atoms with Gasteiger partial charge in [0.15, 0.2) is 0 Å². The quantitative estimate of drug-likeness (QED) is 0.635. The van der Waals surface area contributed by atoms with Gasteiger partial charge in [-0.15, -0.1) is 0 Å². The lowest BCUT2D eigenvalue weighted by Crippen LogP contribution is -2.50. The SMILES string of the molecule is CS(=O)(=O)N[C@H]1CCN(C(=O)C2(CO)CC2)[C@H]1Cc1cccc(-c2cc(F)cc(F)c2)c1F. The van der Waals surface area contributed by atoms with E-state index in [1.54, 1.807) is 6.07 Å². The van der Waals surface area contributed by atoms with Crippen molar-refractivity contribution < 1.29 is 31.5 Å². The van der Waals surface area contributed by atoms with Crippen LogP contribution in [-0.4, -0.2) is 55.8 Å². The van der Waals surface area contributed by atoms with Gasteiger partial charge in [0.05, 0.1) is 24.3 Å². The first-order chi connectivity index (χ1) is 15.5. The van der Waals surface area contributed by atoms with Crippen LogP contribution >= 0.6 is 0 Å². The number of amides is 1. The van der Waals surface area contributed by atoms with E-state index in [0.29, 0.717) is 25.3 Å². The van der Waals surface area contributed by atoms with Crippen LogP contribution in [0.2, 0.25) is 0 Å². The standard InChI is InChI=1S/C23H25F3N2O4S/c1-33(31,32)27-19-5-8-28(22(30)23(13-29)6-7-23)20(19)11-14-3-2-4-18(21(14)26)15-9-16(24)12-17(25)10-15/h2-4,9-10,12,19-20,27,29H,5-8,11,13H2,1H3/t19-,20-/m0/s1. The molecule has 1 saturated heterocycles. The first-order valence-corrected chi connectivity index (χ1v) is 12.6. The highest BCUT2D eigenvalue weighted by atomic mass is 32.2. The number of halogens is 3. The Morgan fingerprint density at radius 1 is 1.18 bits per heavy atom. The topological polar surface area (TPSA) is 86.7 Å². The molecule has 2 atom stereocenters. The van der Waals surface area contributed by atoms with Crippen molar-refractivity contribution in [3.63, 3.8) is 0 Å². The molecule has 0 spiro atoms. The maximum Gasteiger partial charge on any atom is 0.231 e. The first-order valence-electron chi connectivity index (χ1n) is 10.7. The lowest BCUT2D eigenvalue weighted by atomic mass is 9.95. The molecule has 178 valence electrons. The van der Waals surface area contributed by atoms with Crippen molar-refractivity contribution in [3.05, 3.63) is 59.4 Å². The third kappa shape index (κ3) is 4.92. The minimum Gasteiger partial charge on any atom is -0.395 e. The van der Waals surface area contributed by atoms with E-state index in [2.05, 4.69) is 4.72 Å². The summed E-state index contributed by atoms with van der Waals surface area (Å²) in [4.78, 5) is 14.7. The largest absolute Gasteiger partial charge is 0.395 e. The number of aliphatic hydroxyl groups excluding tert-OH is 1. The number of sulfonamides is 1. The van der Waals surface area contributed by atoms with Gasteiger partial charge in [0.1, 0.15) is 17.5 Å². The van der Waals surface area contributed by atoms with Gasteiger partial charge in [-0.05, 0) is 48.9 Å². The molecule has 1 amide bonds. The van der Waals surface area contributed by atoms with Crippen LogP contribution in [0.15, 0.2) is 36.4 Å². The van der Waals surface area contributed by atoms with Gasteiger partial charge < -0.3 is 10.0 Å². The second kappa shape index (κ2) is 8.73. The Morgan fingerprint density at radius 3 is 2.42 bits per heavy atom. The van der Waals surface area contributed by atoms with Gasteiger partial charge >= 0.3 is 0 Å². The molecule has 1 heterocycles. The van der Waals surface area contributed by atoms with Gasteiger partial charge in [0.25, 0.3) is 0 Å². The zero-order valence-electron chi connectivity index (χ0n) is 18.0. The number of rotatable bonds is 7. The Morgan fingerprint density at radius 2 is 1.85 bits per heavy atom. The number of hydrogen-bond donors (Lipinski definition) is 2. The smallest absolute Gasteiger partial charge is 0.231 e. The average Bonchev–Trinajstić information content (AvgIpc) is 3.44. The fourth-order valence-electron chi connectivity index (χ4n) is 4.56. The maximum absolute atomic E-state index is 15.5. The lowest BCUT2D eigenvalue weighted by molar-refractivity contribution is -0.139. The summed E-state index contributed by atoms with van der Waals surface area (Å²) in [5.41, 5.74) is -0.619. The zero-order chi connectivity index (χ0) is 24.0. The summed E-state index contributed by atoms with van der Waals surface area (Å²) in [5, 5.41) is 9.69. The molecule has 0 unspecified atom stereocenters. The summed E-state index contributed by atoms with van der Waals surface area (Å²) < 4.78 is 69.1. The Kier molecular flexibility index (Phi) is 6.28. The van der Waals surface area contributed by atoms with Crippen LogP contribution < -0.4 is 4.72 Å². The fourth-order valence-corrected chi connectivity index (χ4v) is 5.39. The lowest BCUT2D eigenvalue weighted by Gasteiger charge is -2.31. The van der Waals surface area contributed by atoms with Gasteiger partial charge in [-0.25, -0.2) is 26.3 Å². The fraction of sp³-hybridized carbons (Fsp3) is 0.435. The van der Waals surface area contributed by atoms with Gasteiger partial charge in [0.2, 0.25) is 15.9 Å². The van der Waals surface area contributed by atoms with E-state index in [4.69, 9.17) is 0 Å². The van der Waals surface area contributed by atoms with Gasteiger partial charge in [-0.1, -0.05) is 18.2 Å². The third-order valence-corrected chi connectivity index (χ3v) is 7.19. The molecule has 2 aromatic rings. The van der Waals surface area contributed by atoms with Crippen molar-refractivity contribution in [1.29, 1.82) is 0 Å². The van der Waals surface area contributed by atoms with Crippen LogP contribution in [0.5, 0.6) is 0 Å². The van der Waals surface area contributed by atoms with Crippen molar-refractivity contribution in [1.82, 2.24) is 9.62 Å². The molecule has 0 aromatic heterocycles. The second-order valence-corrected chi connectivity index (χ2v) is 10.7. The highest BCUT2D eigenvalue weighted by Gasteiger charge is 2.54. The average molecular weight is 483 g/mol. The number of hydrogen-bond acceptors (Lipinski definition) is 4. The molecule has 4 rings (SSSR count). The van der Waals surface area contributed by atoms with E-state index in [-0.39, 0.29) is 42.2 Å². The van der Waals surface area contributed by atoms with Gasteiger partial charge in [0, 0.05) is 24.2 Å². The van der Waals surface area contributed by atoms with Crippen LogP contribution in [0.4, 0.5) is 13.2 Å². The first kappa shape index (κ1) is 23.7. The normalized spacial score (nSPS) is 21.9. The molecule has 33 heavy (non-hydrogen) atoms. The Labute approximate surface area is 190 Å². The Balaban J connectivity index is 1.68. The van der Waals surface area contributed by atoms with E-state index < -0.39 is 45.0 Å². The zero-order valence-corrected chi connectivity index (χ0v) is 18.8. The number of carbonyl (C=O) groups is 1. The molecule has 0 radical (unpaired) electrons. The number of carbonyl (C=O) groups excluding carboxylic acids is 1. The molecule has 2 N–H and O–H groups in total. The van der Waals surface area contributed by atoms with Crippen molar-refractivity contribution in [3.8, 4) is 11.1 Å². The van der Waals surface area contributed by atoms with Crippen molar-refractivity contribution in [2.75, 3.05) is 19.4 Å². The molecule has 2 fully saturated rings. The van der Waals surface area contributed by atoms with Gasteiger partial charge in [-0.3, -0.25) is 4.79 Å². The molecule has 0 bridgehead atoms. The molecule has 6 nitrogen and oxygen atoms in total. The summed E-state index contributed by atoms with van der Waals surface area (Å²) in [6, 6.07) is 5.91.